The highest BCUT2D eigenvalue weighted by Gasteiger charge is 2.11. The molecule has 0 spiro atoms. The van der Waals surface area contributed by atoms with Gasteiger partial charge in [0.25, 0.3) is 0 Å². The van der Waals surface area contributed by atoms with Crippen molar-refractivity contribution in [2.24, 2.45) is 0 Å². The van der Waals surface area contributed by atoms with Crippen LogP contribution < -0.4 is 10.2 Å². The molecule has 0 saturated carbocycles. The molecule has 30 heavy (non-hydrogen) atoms. The highest BCUT2D eigenvalue weighted by Crippen LogP contribution is 2.24. The number of esters is 1. The number of rotatable bonds is 4. The molecule has 0 fully saturated rings. The van der Waals surface area contributed by atoms with Crippen LogP contribution in [0.1, 0.15) is 11.1 Å². The molecular weight excluding hydrogens is 400 g/mol. The van der Waals surface area contributed by atoms with Crippen LogP contribution in [0.4, 0.5) is 0 Å². The molecule has 0 aliphatic heterocycles. The Kier molecular flexibility index (Phi) is 5.50. The Morgan fingerprint density at radius 3 is 2.47 bits per heavy atom. The summed E-state index contributed by atoms with van der Waals surface area (Å²) < 4.78 is 11.0. The van der Waals surface area contributed by atoms with Crippen LogP contribution in [0.15, 0.2) is 88.3 Å². The maximum Gasteiger partial charge on any atom is 0.336 e. The first-order chi connectivity index (χ1) is 14.5. The first-order valence-electron chi connectivity index (χ1n) is 9.28. The van der Waals surface area contributed by atoms with Crippen molar-refractivity contribution in [1.82, 2.24) is 0 Å². The fourth-order valence-electron chi connectivity index (χ4n) is 2.99. The van der Waals surface area contributed by atoms with Crippen LogP contribution in [0.3, 0.4) is 0 Å². The minimum Gasteiger partial charge on any atom is -0.463 e. The predicted octanol–water partition coefficient (Wildman–Crippen LogP) is 6.04. The van der Waals surface area contributed by atoms with Crippen molar-refractivity contribution in [2.75, 3.05) is 0 Å². The van der Waals surface area contributed by atoms with Crippen molar-refractivity contribution in [3.8, 4) is 16.9 Å². The van der Waals surface area contributed by atoms with Crippen LogP contribution in [0.25, 0.3) is 28.2 Å². The lowest BCUT2D eigenvalue weighted by molar-refractivity contribution is -0.128. The SMILES string of the molecule is Cc1ccc(C=CC(=O)Oc2ccc3c(=O)c(-c4ccc(Cl)cc4)coc3c2)cc1. The number of aryl methyl sites for hydroxylation is 1. The third-order valence-corrected chi connectivity index (χ3v) is 4.86. The third kappa shape index (κ3) is 4.34. The third-order valence-electron chi connectivity index (χ3n) is 4.61. The average Bonchev–Trinajstić information content (AvgIpc) is 2.74. The zero-order valence-electron chi connectivity index (χ0n) is 16.1. The van der Waals surface area contributed by atoms with Crippen molar-refractivity contribution < 1.29 is 13.9 Å². The van der Waals surface area contributed by atoms with Crippen molar-refractivity contribution >= 4 is 34.6 Å². The number of benzene rings is 3. The molecule has 4 aromatic rings. The lowest BCUT2D eigenvalue weighted by atomic mass is 10.1. The maximum absolute atomic E-state index is 12.8. The second-order valence-electron chi connectivity index (χ2n) is 6.81. The van der Waals surface area contributed by atoms with Crippen LogP contribution in [-0.2, 0) is 4.79 Å². The number of hydrogen-bond acceptors (Lipinski definition) is 4. The molecule has 0 radical (unpaired) electrons. The monoisotopic (exact) mass is 416 g/mol. The molecule has 3 aromatic carbocycles. The number of ether oxygens (including phenoxy) is 1. The molecule has 0 bridgehead atoms. The summed E-state index contributed by atoms with van der Waals surface area (Å²) in [5.74, 6) is -0.224. The van der Waals surface area contributed by atoms with E-state index < -0.39 is 5.97 Å². The van der Waals surface area contributed by atoms with Gasteiger partial charge < -0.3 is 9.15 Å². The number of carbonyl (C=O) groups is 1. The van der Waals surface area contributed by atoms with E-state index in [9.17, 15) is 9.59 Å². The van der Waals surface area contributed by atoms with Crippen LogP contribution in [0, 0.1) is 6.92 Å². The first kappa shape index (κ1) is 19.7. The van der Waals surface area contributed by atoms with Gasteiger partial charge in [0.2, 0.25) is 0 Å². The van der Waals surface area contributed by atoms with Gasteiger partial charge in [0.05, 0.1) is 10.9 Å². The van der Waals surface area contributed by atoms with Crippen molar-refractivity contribution in [3.05, 3.63) is 105 Å². The van der Waals surface area contributed by atoms with E-state index in [4.69, 9.17) is 20.8 Å². The van der Waals surface area contributed by atoms with E-state index in [2.05, 4.69) is 0 Å². The number of hydrogen-bond donors (Lipinski definition) is 0. The molecule has 0 aliphatic rings. The normalized spacial score (nSPS) is 11.1. The Labute approximate surface area is 178 Å². The first-order valence-corrected chi connectivity index (χ1v) is 9.65. The van der Waals surface area contributed by atoms with Crippen molar-refractivity contribution in [2.45, 2.75) is 6.92 Å². The topological polar surface area (TPSA) is 56.5 Å². The van der Waals surface area contributed by atoms with Gasteiger partial charge in [0.15, 0.2) is 5.43 Å². The van der Waals surface area contributed by atoms with Crippen molar-refractivity contribution in [3.63, 3.8) is 0 Å². The minimum absolute atomic E-state index is 0.171. The van der Waals surface area contributed by atoms with Crippen LogP contribution in [0.5, 0.6) is 5.75 Å². The zero-order chi connectivity index (χ0) is 21.1. The summed E-state index contributed by atoms with van der Waals surface area (Å²) in [6.45, 7) is 2.00. The Morgan fingerprint density at radius 1 is 1.00 bits per heavy atom. The Morgan fingerprint density at radius 2 is 1.73 bits per heavy atom. The Balaban J connectivity index is 1.55. The van der Waals surface area contributed by atoms with Gasteiger partial charge in [-0.15, -0.1) is 0 Å². The molecule has 0 unspecified atom stereocenters. The summed E-state index contributed by atoms with van der Waals surface area (Å²) in [4.78, 5) is 24.9. The van der Waals surface area contributed by atoms with Gasteiger partial charge in [0, 0.05) is 17.2 Å². The maximum atomic E-state index is 12.8. The van der Waals surface area contributed by atoms with Gasteiger partial charge in [-0.2, -0.15) is 0 Å². The number of fused-ring (bicyclic) bond motifs is 1. The Bertz CT molecular complexity index is 1300. The van der Waals surface area contributed by atoms with Crippen molar-refractivity contribution in [1.29, 1.82) is 0 Å². The quantitative estimate of drug-likeness (QED) is 0.231. The summed E-state index contributed by atoms with van der Waals surface area (Å²) in [6.07, 6.45) is 4.44. The molecule has 148 valence electrons. The van der Waals surface area contributed by atoms with E-state index in [1.165, 1.54) is 18.4 Å². The summed E-state index contributed by atoms with van der Waals surface area (Å²) in [6, 6.07) is 19.4. The van der Waals surface area contributed by atoms with E-state index in [1.807, 2.05) is 31.2 Å². The molecule has 0 amide bonds. The highest BCUT2D eigenvalue weighted by atomic mass is 35.5. The average molecular weight is 417 g/mol. The molecule has 4 rings (SSSR count). The smallest absolute Gasteiger partial charge is 0.336 e. The summed E-state index contributed by atoms with van der Waals surface area (Å²) >= 11 is 5.91. The van der Waals surface area contributed by atoms with Gasteiger partial charge in [0.1, 0.15) is 17.6 Å². The van der Waals surface area contributed by atoms with Crippen LogP contribution in [-0.4, -0.2) is 5.97 Å². The molecule has 0 aliphatic carbocycles. The fourth-order valence-corrected chi connectivity index (χ4v) is 3.12. The fraction of sp³-hybridized carbons (Fsp3) is 0.0400. The molecule has 0 saturated heterocycles. The summed E-state index contributed by atoms with van der Waals surface area (Å²) in [5, 5.41) is 0.990. The molecule has 0 atom stereocenters. The van der Waals surface area contributed by atoms with Gasteiger partial charge in [-0.05, 0) is 48.4 Å². The minimum atomic E-state index is -0.518. The second-order valence-corrected chi connectivity index (χ2v) is 7.24. The summed E-state index contributed by atoms with van der Waals surface area (Å²) in [7, 11) is 0. The second kappa shape index (κ2) is 8.39. The lowest BCUT2D eigenvalue weighted by Gasteiger charge is -2.05. The van der Waals surface area contributed by atoms with Gasteiger partial charge >= 0.3 is 5.97 Å². The summed E-state index contributed by atoms with van der Waals surface area (Å²) in [5.41, 5.74) is 3.36. The van der Waals surface area contributed by atoms with E-state index >= 15 is 0 Å². The van der Waals surface area contributed by atoms with Crippen LogP contribution in [0.2, 0.25) is 5.02 Å². The van der Waals surface area contributed by atoms with Crippen LogP contribution >= 0.6 is 11.6 Å². The number of carbonyl (C=O) groups excluding carboxylic acids is 1. The molecule has 1 aromatic heterocycles. The van der Waals surface area contributed by atoms with Gasteiger partial charge in [-0.1, -0.05) is 53.6 Å². The molecule has 0 N–H and O–H groups in total. The van der Waals surface area contributed by atoms with Gasteiger partial charge in [-0.25, -0.2) is 4.79 Å². The van der Waals surface area contributed by atoms with E-state index in [-0.39, 0.29) is 5.43 Å². The molecular formula is C25H17ClO4. The Hall–Kier alpha value is -3.63. The highest BCUT2D eigenvalue weighted by molar-refractivity contribution is 6.30. The largest absolute Gasteiger partial charge is 0.463 e. The number of halogens is 1. The standard InChI is InChI=1S/C25H17ClO4/c1-16-2-4-17(5-3-16)6-13-24(27)30-20-11-12-21-23(14-20)29-15-22(25(21)28)18-7-9-19(26)10-8-18/h2-15H,1H3. The van der Waals surface area contributed by atoms with Gasteiger partial charge in [-0.3, -0.25) is 4.79 Å². The van der Waals surface area contributed by atoms with E-state index in [0.29, 0.717) is 32.9 Å². The zero-order valence-corrected chi connectivity index (χ0v) is 16.8. The molecule has 1 heterocycles. The molecule has 5 heteroatoms. The van der Waals surface area contributed by atoms with E-state index in [1.54, 1.807) is 42.5 Å². The van der Waals surface area contributed by atoms with E-state index in [0.717, 1.165) is 11.1 Å². The predicted molar refractivity (Wildman–Crippen MR) is 119 cm³/mol. The molecule has 4 nitrogen and oxygen atoms in total. The lowest BCUT2D eigenvalue weighted by Crippen LogP contribution is -2.06.